The van der Waals surface area contributed by atoms with Crippen LogP contribution in [-0.2, 0) is 0 Å². The Morgan fingerprint density at radius 3 is 2.94 bits per heavy atom. The number of halogens is 2. The van der Waals surface area contributed by atoms with Gasteiger partial charge in [0.1, 0.15) is 16.6 Å². The van der Waals surface area contributed by atoms with E-state index < -0.39 is 0 Å². The Bertz CT molecular complexity index is 603. The molecule has 0 saturated heterocycles. The largest absolute Gasteiger partial charge is 0.345 e. The third-order valence-electron chi connectivity index (χ3n) is 2.15. The number of anilines is 2. The SMILES string of the molecule is Cc1nsc(Nc2ccc(Br)c(I)c2)c1C#N. The second-order valence-corrected chi connectivity index (χ2v) is 6.13. The molecule has 2 rings (SSSR count). The van der Waals surface area contributed by atoms with Crippen molar-refractivity contribution in [3.05, 3.63) is 37.5 Å². The molecule has 0 aliphatic heterocycles. The molecule has 86 valence electrons. The fourth-order valence-electron chi connectivity index (χ4n) is 1.29. The van der Waals surface area contributed by atoms with Crippen LogP contribution >= 0.6 is 50.1 Å². The number of aryl methyl sites for hydroxylation is 1. The molecule has 3 nitrogen and oxygen atoms in total. The molecular weight excluding hydrogens is 413 g/mol. The average molecular weight is 420 g/mol. The molecule has 6 heteroatoms. The number of rotatable bonds is 2. The standard InChI is InChI=1S/C11H7BrIN3S/c1-6-8(5-14)11(17-16-6)15-7-2-3-9(12)10(13)4-7/h2-4,15H,1H3. The number of aromatic nitrogens is 1. The lowest BCUT2D eigenvalue weighted by molar-refractivity contribution is 1.31. The van der Waals surface area contributed by atoms with Gasteiger partial charge in [-0.1, -0.05) is 0 Å². The molecule has 1 aromatic heterocycles. The quantitative estimate of drug-likeness (QED) is 0.732. The summed E-state index contributed by atoms with van der Waals surface area (Å²) < 4.78 is 6.35. The average Bonchev–Trinajstić information content (AvgIpc) is 2.64. The second-order valence-electron chi connectivity index (χ2n) is 3.34. The Kier molecular flexibility index (Phi) is 4.01. The summed E-state index contributed by atoms with van der Waals surface area (Å²) in [6.07, 6.45) is 0. The Labute approximate surface area is 125 Å². The van der Waals surface area contributed by atoms with Crippen molar-refractivity contribution in [1.82, 2.24) is 4.37 Å². The van der Waals surface area contributed by atoms with Gasteiger partial charge in [0.25, 0.3) is 0 Å². The van der Waals surface area contributed by atoms with Gasteiger partial charge in [-0.2, -0.15) is 9.64 Å². The second kappa shape index (κ2) is 5.33. The lowest BCUT2D eigenvalue weighted by Gasteiger charge is -2.05. The van der Waals surface area contributed by atoms with Crippen molar-refractivity contribution < 1.29 is 0 Å². The van der Waals surface area contributed by atoms with E-state index >= 15 is 0 Å². The minimum atomic E-state index is 0.618. The highest BCUT2D eigenvalue weighted by molar-refractivity contribution is 14.1. The van der Waals surface area contributed by atoms with Crippen molar-refractivity contribution in [2.45, 2.75) is 6.92 Å². The first kappa shape index (κ1) is 12.8. The number of nitriles is 1. The molecular formula is C11H7BrIN3S. The summed E-state index contributed by atoms with van der Waals surface area (Å²) in [5.74, 6) is 0. The molecule has 0 unspecified atom stereocenters. The molecule has 0 aliphatic carbocycles. The fraction of sp³-hybridized carbons (Fsp3) is 0.0909. The summed E-state index contributed by atoms with van der Waals surface area (Å²) in [7, 11) is 0. The van der Waals surface area contributed by atoms with Gasteiger partial charge in [0, 0.05) is 13.7 Å². The summed E-state index contributed by atoms with van der Waals surface area (Å²) in [4.78, 5) is 0. The first-order valence-electron chi connectivity index (χ1n) is 4.70. The molecule has 0 radical (unpaired) electrons. The number of benzene rings is 1. The van der Waals surface area contributed by atoms with Crippen LogP contribution in [0.4, 0.5) is 10.7 Å². The van der Waals surface area contributed by atoms with Gasteiger partial charge in [0.2, 0.25) is 0 Å². The number of hydrogen-bond acceptors (Lipinski definition) is 4. The van der Waals surface area contributed by atoms with Gasteiger partial charge in [-0.05, 0) is 75.2 Å². The predicted molar refractivity (Wildman–Crippen MR) is 81.7 cm³/mol. The Morgan fingerprint density at radius 1 is 1.53 bits per heavy atom. The van der Waals surface area contributed by atoms with Gasteiger partial charge in [-0.25, -0.2) is 0 Å². The van der Waals surface area contributed by atoms with E-state index in [4.69, 9.17) is 5.26 Å². The maximum absolute atomic E-state index is 9.03. The third-order valence-corrected chi connectivity index (χ3v) is 5.33. The van der Waals surface area contributed by atoms with Crippen molar-refractivity contribution in [3.63, 3.8) is 0 Å². The zero-order valence-electron chi connectivity index (χ0n) is 8.79. The molecule has 2 aromatic rings. The Balaban J connectivity index is 2.32. The molecule has 0 atom stereocenters. The third kappa shape index (κ3) is 2.78. The molecule has 1 aromatic carbocycles. The van der Waals surface area contributed by atoms with Crippen molar-refractivity contribution >= 4 is 60.7 Å². The highest BCUT2D eigenvalue weighted by atomic mass is 127. The van der Waals surface area contributed by atoms with Crippen LogP contribution in [0, 0.1) is 21.8 Å². The van der Waals surface area contributed by atoms with Crippen LogP contribution in [0.5, 0.6) is 0 Å². The fourth-order valence-corrected chi connectivity index (χ4v) is 2.82. The zero-order valence-corrected chi connectivity index (χ0v) is 13.4. The zero-order chi connectivity index (χ0) is 12.4. The molecule has 0 aliphatic rings. The van der Waals surface area contributed by atoms with Gasteiger partial charge in [0.15, 0.2) is 0 Å². The van der Waals surface area contributed by atoms with Crippen LogP contribution in [0.2, 0.25) is 0 Å². The normalized spacial score (nSPS) is 10.0. The van der Waals surface area contributed by atoms with Crippen molar-refractivity contribution in [3.8, 4) is 6.07 Å². The monoisotopic (exact) mass is 419 g/mol. The summed E-state index contributed by atoms with van der Waals surface area (Å²) in [5.41, 5.74) is 2.34. The number of nitrogens with one attached hydrogen (secondary N) is 1. The van der Waals surface area contributed by atoms with Crippen molar-refractivity contribution in [2.75, 3.05) is 5.32 Å². The van der Waals surface area contributed by atoms with Crippen LogP contribution in [0.15, 0.2) is 22.7 Å². The molecule has 17 heavy (non-hydrogen) atoms. The van der Waals surface area contributed by atoms with Gasteiger partial charge in [-0.15, -0.1) is 0 Å². The number of nitrogens with zero attached hydrogens (tertiary/aromatic N) is 2. The molecule has 0 amide bonds. The number of hydrogen-bond donors (Lipinski definition) is 1. The molecule has 1 heterocycles. The Hall–Kier alpha value is -0.650. The maximum Gasteiger partial charge on any atom is 0.132 e. The highest BCUT2D eigenvalue weighted by Crippen LogP contribution is 2.29. The van der Waals surface area contributed by atoms with Gasteiger partial charge in [0.05, 0.1) is 5.69 Å². The van der Waals surface area contributed by atoms with Crippen molar-refractivity contribution in [2.24, 2.45) is 0 Å². The Morgan fingerprint density at radius 2 is 2.29 bits per heavy atom. The first-order chi connectivity index (χ1) is 8.11. The van der Waals surface area contributed by atoms with E-state index in [9.17, 15) is 0 Å². The maximum atomic E-state index is 9.03. The van der Waals surface area contributed by atoms with Gasteiger partial charge >= 0.3 is 0 Å². The molecule has 0 bridgehead atoms. The van der Waals surface area contributed by atoms with E-state index in [1.54, 1.807) is 0 Å². The summed E-state index contributed by atoms with van der Waals surface area (Å²) in [6, 6.07) is 8.12. The first-order valence-corrected chi connectivity index (χ1v) is 7.35. The van der Waals surface area contributed by atoms with Gasteiger partial charge < -0.3 is 5.32 Å². The predicted octanol–water partition coefficient (Wildman–Crippen LogP) is 4.43. The van der Waals surface area contributed by atoms with Crippen LogP contribution in [-0.4, -0.2) is 4.37 Å². The lowest BCUT2D eigenvalue weighted by atomic mass is 10.2. The summed E-state index contributed by atoms with van der Waals surface area (Å²) >= 11 is 7.01. The van der Waals surface area contributed by atoms with Crippen LogP contribution < -0.4 is 5.32 Å². The molecule has 0 fully saturated rings. The molecule has 0 spiro atoms. The topological polar surface area (TPSA) is 48.7 Å². The smallest absolute Gasteiger partial charge is 0.132 e. The van der Waals surface area contributed by atoms with Gasteiger partial charge in [-0.3, -0.25) is 0 Å². The molecule has 0 saturated carbocycles. The highest BCUT2D eigenvalue weighted by Gasteiger charge is 2.10. The minimum Gasteiger partial charge on any atom is -0.345 e. The molecule has 1 N–H and O–H groups in total. The van der Waals surface area contributed by atoms with Crippen LogP contribution in [0.1, 0.15) is 11.3 Å². The van der Waals surface area contributed by atoms with Crippen LogP contribution in [0.3, 0.4) is 0 Å². The summed E-state index contributed by atoms with van der Waals surface area (Å²) in [5, 5.41) is 13.0. The minimum absolute atomic E-state index is 0.618. The van der Waals surface area contributed by atoms with E-state index in [2.05, 4.69) is 54.3 Å². The van der Waals surface area contributed by atoms with Crippen molar-refractivity contribution in [1.29, 1.82) is 5.26 Å². The van der Waals surface area contributed by atoms with E-state index in [0.717, 1.165) is 24.4 Å². The van der Waals surface area contributed by atoms with E-state index in [1.807, 2.05) is 25.1 Å². The van der Waals surface area contributed by atoms with E-state index in [0.29, 0.717) is 5.56 Å². The van der Waals surface area contributed by atoms with Crippen LogP contribution in [0.25, 0.3) is 0 Å². The lowest BCUT2D eigenvalue weighted by Crippen LogP contribution is -1.91. The summed E-state index contributed by atoms with van der Waals surface area (Å²) in [6.45, 7) is 1.84. The van der Waals surface area contributed by atoms with E-state index in [1.165, 1.54) is 11.5 Å². The van der Waals surface area contributed by atoms with E-state index in [-0.39, 0.29) is 0 Å².